The summed E-state index contributed by atoms with van der Waals surface area (Å²) in [7, 11) is 1.26. The largest absolute Gasteiger partial charge is 0.491 e. The van der Waals surface area contributed by atoms with E-state index in [2.05, 4.69) is 25.9 Å². The number of anilines is 2. The van der Waals surface area contributed by atoms with Crippen molar-refractivity contribution in [1.82, 2.24) is 20.6 Å². The van der Waals surface area contributed by atoms with Crippen LogP contribution in [0.15, 0.2) is 30.6 Å². The number of rotatable bonds is 7. The minimum atomic E-state index is -1.11. The molecule has 0 saturated carbocycles. The van der Waals surface area contributed by atoms with E-state index in [9.17, 15) is 13.6 Å². The number of aromatic nitrogens is 2. The van der Waals surface area contributed by atoms with Crippen LogP contribution in [0, 0.1) is 11.6 Å². The van der Waals surface area contributed by atoms with Crippen molar-refractivity contribution >= 4 is 17.3 Å². The van der Waals surface area contributed by atoms with Crippen LogP contribution in [0.1, 0.15) is 22.5 Å². The highest BCUT2D eigenvalue weighted by atomic mass is 19.2. The number of hydrogen-bond donors (Lipinski definition) is 4. The number of nitrogens with one attached hydrogen (secondary N) is 4. The summed E-state index contributed by atoms with van der Waals surface area (Å²) in [5.41, 5.74) is 3.03. The summed E-state index contributed by atoms with van der Waals surface area (Å²) < 4.78 is 39.2. The van der Waals surface area contributed by atoms with E-state index in [-0.39, 0.29) is 23.4 Å². The maximum Gasteiger partial charge on any atom is 0.255 e. The summed E-state index contributed by atoms with van der Waals surface area (Å²) in [6.07, 6.45) is 4.88. The molecule has 5 rings (SSSR count). The van der Waals surface area contributed by atoms with Crippen molar-refractivity contribution in [2.24, 2.45) is 0 Å². The Hall–Kier alpha value is -3.66. The highest BCUT2D eigenvalue weighted by molar-refractivity contribution is 6.06. The molecule has 2 aliphatic rings. The number of nitrogens with zero attached hydrogens (tertiary/aromatic N) is 1. The molecule has 1 fully saturated rings. The van der Waals surface area contributed by atoms with Gasteiger partial charge in [-0.15, -0.1) is 0 Å². The zero-order chi connectivity index (χ0) is 22.9. The van der Waals surface area contributed by atoms with Gasteiger partial charge in [-0.2, -0.15) is 4.39 Å². The maximum absolute atomic E-state index is 14.3. The van der Waals surface area contributed by atoms with E-state index < -0.39 is 11.6 Å². The van der Waals surface area contributed by atoms with E-state index in [0.29, 0.717) is 47.8 Å². The van der Waals surface area contributed by atoms with Crippen molar-refractivity contribution in [3.05, 3.63) is 53.5 Å². The molecule has 4 heterocycles. The molecule has 0 unspecified atom stereocenters. The Kier molecular flexibility index (Phi) is 5.59. The number of benzene rings is 1. The molecule has 1 aromatic carbocycles. The Morgan fingerprint density at radius 2 is 2.09 bits per heavy atom. The smallest absolute Gasteiger partial charge is 0.255 e. The zero-order valence-corrected chi connectivity index (χ0v) is 17.9. The van der Waals surface area contributed by atoms with Gasteiger partial charge in [0.2, 0.25) is 5.82 Å². The minimum absolute atomic E-state index is 0.188. The van der Waals surface area contributed by atoms with E-state index in [0.717, 1.165) is 24.7 Å². The second-order valence-corrected chi connectivity index (χ2v) is 7.92. The van der Waals surface area contributed by atoms with Gasteiger partial charge in [0.05, 0.1) is 35.9 Å². The zero-order valence-electron chi connectivity index (χ0n) is 17.9. The summed E-state index contributed by atoms with van der Waals surface area (Å²) in [6, 6.07) is 4.44. The van der Waals surface area contributed by atoms with E-state index in [1.54, 1.807) is 18.5 Å². The van der Waals surface area contributed by atoms with Gasteiger partial charge in [0.25, 0.3) is 5.91 Å². The van der Waals surface area contributed by atoms with Gasteiger partial charge in [-0.3, -0.25) is 9.78 Å². The predicted molar refractivity (Wildman–Crippen MR) is 118 cm³/mol. The van der Waals surface area contributed by atoms with Gasteiger partial charge in [0, 0.05) is 36.5 Å². The average Bonchev–Trinajstić information content (AvgIpc) is 3.15. The summed E-state index contributed by atoms with van der Waals surface area (Å²) >= 11 is 0. The molecule has 10 heteroatoms. The van der Waals surface area contributed by atoms with Gasteiger partial charge < -0.3 is 30.4 Å². The summed E-state index contributed by atoms with van der Waals surface area (Å²) in [5, 5.41) is 9.22. The van der Waals surface area contributed by atoms with E-state index >= 15 is 0 Å². The van der Waals surface area contributed by atoms with Crippen molar-refractivity contribution in [2.75, 3.05) is 32.1 Å². The molecule has 4 N–H and O–H groups in total. The molecule has 33 heavy (non-hydrogen) atoms. The molecule has 1 amide bonds. The van der Waals surface area contributed by atoms with E-state index in [4.69, 9.17) is 9.47 Å². The fourth-order valence-corrected chi connectivity index (χ4v) is 4.05. The van der Waals surface area contributed by atoms with Gasteiger partial charge in [-0.25, -0.2) is 4.39 Å². The second kappa shape index (κ2) is 8.70. The van der Waals surface area contributed by atoms with Crippen molar-refractivity contribution in [1.29, 1.82) is 0 Å². The SMILES string of the molecule is COc1c(Nc2c(-c3ccncc3OC[C@H]3CCN3)[nH]c3c2C(=O)NCC3)ccc(F)c1F. The summed E-state index contributed by atoms with van der Waals surface area (Å²) in [6.45, 7) is 1.95. The van der Waals surface area contributed by atoms with Gasteiger partial charge >= 0.3 is 0 Å². The first-order valence-electron chi connectivity index (χ1n) is 10.7. The van der Waals surface area contributed by atoms with Crippen molar-refractivity contribution in [3.63, 3.8) is 0 Å². The molecular weight excluding hydrogens is 432 g/mol. The van der Waals surface area contributed by atoms with Crippen molar-refractivity contribution < 1.29 is 23.0 Å². The van der Waals surface area contributed by atoms with Crippen molar-refractivity contribution in [3.8, 4) is 22.8 Å². The highest BCUT2D eigenvalue weighted by Crippen LogP contribution is 2.42. The third kappa shape index (κ3) is 3.86. The lowest BCUT2D eigenvalue weighted by atomic mass is 10.0. The predicted octanol–water partition coefficient (Wildman–Crippen LogP) is 3.13. The minimum Gasteiger partial charge on any atom is -0.491 e. The molecule has 0 aliphatic carbocycles. The van der Waals surface area contributed by atoms with Crippen LogP contribution >= 0.6 is 0 Å². The number of hydrogen-bond acceptors (Lipinski definition) is 6. The van der Waals surface area contributed by atoms with E-state index in [1.165, 1.54) is 13.2 Å². The Balaban J connectivity index is 1.60. The number of carbonyl (C=O) groups is 1. The van der Waals surface area contributed by atoms with Crippen LogP contribution in [0.4, 0.5) is 20.2 Å². The lowest BCUT2D eigenvalue weighted by Gasteiger charge is -2.27. The van der Waals surface area contributed by atoms with Crippen LogP contribution in [0.5, 0.6) is 11.5 Å². The monoisotopic (exact) mass is 455 g/mol. The first kappa shape index (κ1) is 21.2. The fourth-order valence-electron chi connectivity index (χ4n) is 4.05. The third-order valence-electron chi connectivity index (χ3n) is 5.90. The molecule has 0 spiro atoms. The number of aromatic amines is 1. The van der Waals surface area contributed by atoms with Crippen LogP contribution in [0.25, 0.3) is 11.3 Å². The molecule has 2 aromatic heterocycles. The van der Waals surface area contributed by atoms with Crippen LogP contribution < -0.4 is 25.4 Å². The Bertz CT molecular complexity index is 1210. The fraction of sp³-hybridized carbons (Fsp3) is 0.304. The van der Waals surface area contributed by atoms with Gasteiger partial charge in [0.15, 0.2) is 11.6 Å². The van der Waals surface area contributed by atoms with Crippen molar-refractivity contribution in [2.45, 2.75) is 18.9 Å². The number of methoxy groups -OCH3 is 1. The second-order valence-electron chi connectivity index (χ2n) is 7.92. The number of fused-ring (bicyclic) bond motifs is 1. The number of ether oxygens (including phenoxy) is 2. The Morgan fingerprint density at radius 1 is 1.24 bits per heavy atom. The summed E-state index contributed by atoms with van der Waals surface area (Å²) in [5.74, 6) is -2.14. The first-order valence-corrected chi connectivity index (χ1v) is 10.7. The van der Waals surface area contributed by atoms with Gasteiger partial charge in [-0.05, 0) is 31.2 Å². The van der Waals surface area contributed by atoms with Gasteiger partial charge in [0.1, 0.15) is 12.4 Å². The third-order valence-corrected chi connectivity index (χ3v) is 5.90. The number of carbonyl (C=O) groups excluding carboxylic acids is 1. The molecule has 8 nitrogen and oxygen atoms in total. The average molecular weight is 455 g/mol. The normalized spacial score (nSPS) is 17.1. The summed E-state index contributed by atoms with van der Waals surface area (Å²) in [4.78, 5) is 20.3. The van der Waals surface area contributed by atoms with Crippen LogP contribution in [-0.2, 0) is 6.42 Å². The van der Waals surface area contributed by atoms with Crippen LogP contribution in [0.2, 0.25) is 0 Å². The molecule has 1 atom stereocenters. The quantitative estimate of drug-likeness (QED) is 0.437. The highest BCUT2D eigenvalue weighted by Gasteiger charge is 2.29. The topological polar surface area (TPSA) is 100 Å². The first-order chi connectivity index (χ1) is 16.1. The molecule has 0 bridgehead atoms. The standard InChI is InChI=1S/C23H23F2N5O3/c1-32-22-16(3-2-14(24)19(22)25)30-21-18-15(6-9-28-23(18)31)29-20(21)13-5-7-26-10-17(13)33-11-12-4-8-27-12/h2-3,5,7,10,12,27,29-30H,4,6,8-9,11H2,1H3,(H,28,31)/t12-/m1/s1. The van der Waals surface area contributed by atoms with Crippen LogP contribution in [-0.4, -0.2) is 48.7 Å². The van der Waals surface area contributed by atoms with E-state index in [1.807, 2.05) is 0 Å². The number of pyridine rings is 1. The number of H-pyrrole nitrogens is 1. The maximum atomic E-state index is 14.3. The molecule has 172 valence electrons. The van der Waals surface area contributed by atoms with Crippen LogP contribution in [0.3, 0.4) is 0 Å². The molecular formula is C23H23F2N5O3. The Morgan fingerprint density at radius 3 is 2.85 bits per heavy atom. The molecule has 0 radical (unpaired) electrons. The Labute approximate surface area is 188 Å². The lowest BCUT2D eigenvalue weighted by molar-refractivity contribution is 0.0947. The molecule has 3 aromatic rings. The molecule has 1 saturated heterocycles. The number of amides is 1. The lowest BCUT2D eigenvalue weighted by Crippen LogP contribution is -2.46. The van der Waals surface area contributed by atoms with Gasteiger partial charge in [-0.1, -0.05) is 0 Å². The number of halogens is 2. The molecule has 2 aliphatic heterocycles.